The summed E-state index contributed by atoms with van der Waals surface area (Å²) in [5.74, 6) is 0.705. The Labute approximate surface area is 210 Å². The van der Waals surface area contributed by atoms with Crippen LogP contribution in [0.15, 0.2) is 0 Å². The molecular formula is C26H45NO7S. The minimum absolute atomic E-state index is 0.0509. The van der Waals surface area contributed by atoms with Crippen LogP contribution in [0.2, 0.25) is 0 Å². The maximum atomic E-state index is 12.2. The number of hydrogen-bond donors (Lipinski definition) is 5. The predicted octanol–water partition coefficient (Wildman–Crippen LogP) is 2.37. The van der Waals surface area contributed by atoms with E-state index in [4.69, 9.17) is 4.55 Å². The van der Waals surface area contributed by atoms with Crippen LogP contribution in [0, 0.1) is 46.3 Å². The number of carbonyl (C=O) groups excluding carboxylic acids is 1. The average Bonchev–Trinajstić information content (AvgIpc) is 3.12. The smallest absolute Gasteiger partial charge is 0.266 e. The maximum Gasteiger partial charge on any atom is 0.266 e. The summed E-state index contributed by atoms with van der Waals surface area (Å²) >= 11 is 0. The Kier molecular flexibility index (Phi) is 7.69. The minimum Gasteiger partial charge on any atom is -0.393 e. The number of aliphatic hydroxyl groups excluding tert-OH is 3. The molecule has 5 N–H and O–H groups in total. The number of carbonyl (C=O) groups is 1. The van der Waals surface area contributed by atoms with Gasteiger partial charge in [0.1, 0.15) is 0 Å². The molecule has 4 aliphatic rings. The summed E-state index contributed by atoms with van der Waals surface area (Å²) in [6.45, 7) is 6.56. The molecule has 4 saturated carbocycles. The lowest BCUT2D eigenvalue weighted by molar-refractivity contribution is -0.207. The van der Waals surface area contributed by atoms with Crippen LogP contribution in [-0.4, -0.2) is 64.8 Å². The largest absolute Gasteiger partial charge is 0.393 e. The van der Waals surface area contributed by atoms with Gasteiger partial charge >= 0.3 is 0 Å². The Balaban J connectivity index is 1.43. The lowest BCUT2D eigenvalue weighted by atomic mass is 9.43. The topological polar surface area (TPSA) is 144 Å². The Hall–Kier alpha value is -0.740. The fraction of sp³-hybridized carbons (Fsp3) is 0.962. The highest BCUT2D eigenvalue weighted by Crippen LogP contribution is 2.68. The fourth-order valence-corrected chi connectivity index (χ4v) is 9.46. The first kappa shape index (κ1) is 27.3. The molecule has 0 aromatic heterocycles. The van der Waals surface area contributed by atoms with E-state index in [9.17, 15) is 28.5 Å². The Bertz CT molecular complexity index is 896. The van der Waals surface area contributed by atoms with E-state index in [-0.39, 0.29) is 65.4 Å². The van der Waals surface area contributed by atoms with Gasteiger partial charge in [-0.3, -0.25) is 9.35 Å². The van der Waals surface area contributed by atoms with Crippen molar-refractivity contribution < 1.29 is 33.1 Å². The van der Waals surface area contributed by atoms with Crippen molar-refractivity contribution in [1.29, 1.82) is 0 Å². The normalized spacial score (nSPS) is 46.3. The second-order valence-electron chi connectivity index (χ2n) is 12.7. The SMILES string of the molecule is C[C@@H](CCC(=O)NCCS(=O)(=O)O)[C@H]1CC[C@H]2[C@H]3C(C[C@H](O)[C@]12C)[C@@]1(C)CC[C@H](O)C[C@@H]1C[C@H]3O. The molecule has 0 aromatic carbocycles. The summed E-state index contributed by atoms with van der Waals surface area (Å²) in [6, 6.07) is 0. The van der Waals surface area contributed by atoms with Gasteiger partial charge in [0, 0.05) is 13.0 Å². The molecule has 35 heavy (non-hydrogen) atoms. The summed E-state index contributed by atoms with van der Waals surface area (Å²) < 4.78 is 30.5. The first-order valence-corrected chi connectivity index (χ1v) is 15.1. The highest BCUT2D eigenvalue weighted by Gasteiger charge is 2.65. The van der Waals surface area contributed by atoms with Crippen LogP contribution in [0.25, 0.3) is 0 Å². The molecular weight excluding hydrogens is 470 g/mol. The Morgan fingerprint density at radius 2 is 1.77 bits per heavy atom. The Morgan fingerprint density at radius 1 is 1.06 bits per heavy atom. The molecule has 0 saturated heterocycles. The molecule has 0 radical (unpaired) electrons. The minimum atomic E-state index is -4.10. The number of aliphatic hydroxyl groups is 3. The van der Waals surface area contributed by atoms with E-state index in [1.165, 1.54) is 0 Å². The molecule has 0 heterocycles. The van der Waals surface area contributed by atoms with Crippen molar-refractivity contribution in [2.45, 2.75) is 96.9 Å². The zero-order valence-corrected chi connectivity index (χ0v) is 22.2. The molecule has 9 heteroatoms. The van der Waals surface area contributed by atoms with E-state index in [0.717, 1.165) is 38.5 Å². The Morgan fingerprint density at radius 3 is 2.46 bits per heavy atom. The highest BCUT2D eigenvalue weighted by atomic mass is 32.2. The van der Waals surface area contributed by atoms with Gasteiger partial charge in [0.15, 0.2) is 0 Å². The van der Waals surface area contributed by atoms with Crippen molar-refractivity contribution in [3.8, 4) is 0 Å². The van der Waals surface area contributed by atoms with E-state index >= 15 is 0 Å². The summed E-state index contributed by atoms with van der Waals surface area (Å²) in [5.41, 5.74) is -0.254. The second kappa shape index (κ2) is 9.86. The summed E-state index contributed by atoms with van der Waals surface area (Å²) in [6.07, 6.45) is 5.67. The van der Waals surface area contributed by atoms with Crippen LogP contribution in [0.4, 0.5) is 0 Å². The predicted molar refractivity (Wildman–Crippen MR) is 132 cm³/mol. The van der Waals surface area contributed by atoms with Crippen LogP contribution in [0.3, 0.4) is 0 Å². The van der Waals surface area contributed by atoms with E-state index in [1.54, 1.807) is 0 Å². The number of amides is 1. The van der Waals surface area contributed by atoms with Gasteiger partial charge < -0.3 is 20.6 Å². The zero-order chi connectivity index (χ0) is 25.8. The van der Waals surface area contributed by atoms with Gasteiger partial charge in [0.05, 0.1) is 24.1 Å². The second-order valence-corrected chi connectivity index (χ2v) is 14.2. The molecule has 8 nitrogen and oxygen atoms in total. The molecule has 202 valence electrons. The van der Waals surface area contributed by atoms with Gasteiger partial charge in [-0.25, -0.2) is 0 Å². The highest BCUT2D eigenvalue weighted by molar-refractivity contribution is 7.85. The van der Waals surface area contributed by atoms with Crippen LogP contribution in [0.1, 0.15) is 78.6 Å². The lowest BCUT2D eigenvalue weighted by Gasteiger charge is -2.63. The van der Waals surface area contributed by atoms with Crippen molar-refractivity contribution in [2.75, 3.05) is 12.3 Å². The van der Waals surface area contributed by atoms with E-state index in [1.807, 2.05) is 0 Å². The van der Waals surface area contributed by atoms with Gasteiger partial charge in [-0.15, -0.1) is 0 Å². The van der Waals surface area contributed by atoms with Crippen molar-refractivity contribution in [1.82, 2.24) is 5.32 Å². The van der Waals surface area contributed by atoms with E-state index in [2.05, 4.69) is 26.1 Å². The first-order valence-electron chi connectivity index (χ1n) is 13.5. The zero-order valence-electron chi connectivity index (χ0n) is 21.4. The first-order chi connectivity index (χ1) is 16.3. The number of nitrogens with one attached hydrogen (secondary N) is 1. The van der Waals surface area contributed by atoms with Gasteiger partial charge in [-0.1, -0.05) is 20.8 Å². The van der Waals surface area contributed by atoms with Gasteiger partial charge in [-0.2, -0.15) is 8.42 Å². The van der Waals surface area contributed by atoms with Gasteiger partial charge in [-0.05, 0) is 97.7 Å². The molecule has 4 aliphatic carbocycles. The third-order valence-electron chi connectivity index (χ3n) is 11.0. The third-order valence-corrected chi connectivity index (χ3v) is 11.7. The van der Waals surface area contributed by atoms with Crippen molar-refractivity contribution in [3.63, 3.8) is 0 Å². The van der Waals surface area contributed by atoms with Crippen molar-refractivity contribution >= 4 is 16.0 Å². The number of fused-ring (bicyclic) bond motifs is 5. The third kappa shape index (κ3) is 5.05. The van der Waals surface area contributed by atoms with E-state index in [0.29, 0.717) is 18.8 Å². The molecule has 1 amide bonds. The quantitative estimate of drug-likeness (QED) is 0.327. The van der Waals surface area contributed by atoms with Crippen LogP contribution in [0.5, 0.6) is 0 Å². The number of rotatable bonds is 7. The fourth-order valence-electron chi connectivity index (χ4n) is 9.10. The van der Waals surface area contributed by atoms with Gasteiger partial charge in [0.25, 0.3) is 10.1 Å². The molecule has 1 unspecified atom stereocenters. The molecule has 11 atom stereocenters. The molecule has 0 bridgehead atoms. The number of hydrogen-bond acceptors (Lipinski definition) is 6. The van der Waals surface area contributed by atoms with Crippen LogP contribution in [-0.2, 0) is 14.9 Å². The van der Waals surface area contributed by atoms with Crippen LogP contribution >= 0.6 is 0 Å². The molecule has 0 aliphatic heterocycles. The summed E-state index contributed by atoms with van der Waals surface area (Å²) in [4.78, 5) is 12.2. The average molecular weight is 516 g/mol. The van der Waals surface area contributed by atoms with E-state index < -0.39 is 28.1 Å². The molecule has 0 spiro atoms. The van der Waals surface area contributed by atoms with Gasteiger partial charge in [0.2, 0.25) is 5.91 Å². The maximum absolute atomic E-state index is 12.2. The molecule has 0 aromatic rings. The van der Waals surface area contributed by atoms with Crippen molar-refractivity contribution in [3.05, 3.63) is 0 Å². The standard InChI is InChI=1S/C26H45NO7S/c1-15(4-7-23(31)27-10-11-35(32,33)34)18-5-6-19-24-20(14-22(30)26(18,19)3)25(2)9-8-17(28)12-16(25)13-21(24)29/h15-22,24,28-30H,4-14H2,1-3H3,(H,27,31)(H,32,33,34)/t15-,16+,17-,18+,19-,20?,21+,22-,24-,25-,26+/m0/s1. The molecule has 4 fully saturated rings. The lowest BCUT2D eigenvalue weighted by Crippen LogP contribution is -2.62. The summed E-state index contributed by atoms with van der Waals surface area (Å²) in [5, 5.41) is 35.8. The van der Waals surface area contributed by atoms with Crippen LogP contribution < -0.4 is 5.32 Å². The monoisotopic (exact) mass is 515 g/mol. The summed E-state index contributed by atoms with van der Waals surface area (Å²) in [7, 11) is -4.10. The molecule has 4 rings (SSSR count). The van der Waals surface area contributed by atoms with Crippen molar-refractivity contribution in [2.24, 2.45) is 46.3 Å².